The fourth-order valence-electron chi connectivity index (χ4n) is 4.86. The SMILES string of the molecule is CCCCC(c1ccc(N)cc1)c1ccc(C2CCC(CCC)CC2)cc1. The molecular weight excluding hydrogens is 326 g/mol. The molecule has 2 aromatic carbocycles. The molecule has 1 aliphatic rings. The Bertz CT molecular complexity index is 662. The van der Waals surface area contributed by atoms with Gasteiger partial charge in [-0.25, -0.2) is 0 Å². The lowest BCUT2D eigenvalue weighted by molar-refractivity contribution is 0.308. The number of nitrogens with two attached hydrogens (primary N) is 1. The molecule has 0 radical (unpaired) electrons. The van der Waals surface area contributed by atoms with Crippen LogP contribution in [0.25, 0.3) is 0 Å². The molecular formula is C26H37N. The number of hydrogen-bond acceptors (Lipinski definition) is 1. The van der Waals surface area contributed by atoms with Crippen molar-refractivity contribution in [3.05, 3.63) is 65.2 Å². The van der Waals surface area contributed by atoms with Crippen LogP contribution in [0.5, 0.6) is 0 Å². The van der Waals surface area contributed by atoms with Crippen molar-refractivity contribution < 1.29 is 0 Å². The van der Waals surface area contributed by atoms with E-state index in [4.69, 9.17) is 5.73 Å². The minimum atomic E-state index is 0.486. The Morgan fingerprint density at radius 3 is 1.96 bits per heavy atom. The fourth-order valence-corrected chi connectivity index (χ4v) is 4.86. The quantitative estimate of drug-likeness (QED) is 0.478. The van der Waals surface area contributed by atoms with Crippen LogP contribution in [-0.2, 0) is 0 Å². The van der Waals surface area contributed by atoms with Crippen LogP contribution in [0, 0.1) is 5.92 Å². The molecule has 0 aliphatic heterocycles. The highest BCUT2D eigenvalue weighted by Gasteiger charge is 2.22. The molecule has 0 aromatic heterocycles. The molecule has 3 rings (SSSR count). The molecule has 0 bridgehead atoms. The average Bonchev–Trinajstić information content (AvgIpc) is 2.71. The Kier molecular flexibility index (Phi) is 7.38. The van der Waals surface area contributed by atoms with Crippen molar-refractivity contribution in [2.24, 2.45) is 5.92 Å². The van der Waals surface area contributed by atoms with E-state index in [2.05, 4.69) is 50.2 Å². The Morgan fingerprint density at radius 1 is 0.815 bits per heavy atom. The maximum atomic E-state index is 5.90. The molecule has 0 heterocycles. The van der Waals surface area contributed by atoms with Gasteiger partial charge in [0.2, 0.25) is 0 Å². The van der Waals surface area contributed by atoms with Gasteiger partial charge in [0.1, 0.15) is 0 Å². The van der Waals surface area contributed by atoms with E-state index in [0.29, 0.717) is 5.92 Å². The van der Waals surface area contributed by atoms with Crippen LogP contribution in [0.3, 0.4) is 0 Å². The summed E-state index contributed by atoms with van der Waals surface area (Å²) in [6.07, 6.45) is 12.1. The lowest BCUT2D eigenvalue weighted by Gasteiger charge is -2.29. The second-order valence-corrected chi connectivity index (χ2v) is 8.53. The van der Waals surface area contributed by atoms with E-state index in [-0.39, 0.29) is 0 Å². The Labute approximate surface area is 166 Å². The van der Waals surface area contributed by atoms with Gasteiger partial charge in [0.15, 0.2) is 0 Å². The van der Waals surface area contributed by atoms with Crippen LogP contribution in [0.1, 0.15) is 100 Å². The van der Waals surface area contributed by atoms with E-state index >= 15 is 0 Å². The summed E-state index contributed by atoms with van der Waals surface area (Å²) in [6.45, 7) is 4.60. The topological polar surface area (TPSA) is 26.0 Å². The minimum Gasteiger partial charge on any atom is -0.399 e. The van der Waals surface area contributed by atoms with Gasteiger partial charge >= 0.3 is 0 Å². The van der Waals surface area contributed by atoms with Crippen LogP contribution >= 0.6 is 0 Å². The van der Waals surface area contributed by atoms with Gasteiger partial charge in [0.25, 0.3) is 0 Å². The summed E-state index contributed by atoms with van der Waals surface area (Å²) < 4.78 is 0. The summed E-state index contributed by atoms with van der Waals surface area (Å²) in [5, 5.41) is 0. The molecule has 0 amide bonds. The van der Waals surface area contributed by atoms with E-state index in [1.807, 2.05) is 12.1 Å². The van der Waals surface area contributed by atoms with E-state index in [1.165, 1.54) is 68.9 Å². The summed E-state index contributed by atoms with van der Waals surface area (Å²) in [5.41, 5.74) is 11.2. The third-order valence-corrected chi connectivity index (χ3v) is 6.54. The normalized spacial score (nSPS) is 21.1. The highest BCUT2D eigenvalue weighted by molar-refractivity contribution is 5.43. The number of rotatable bonds is 8. The molecule has 2 aromatic rings. The highest BCUT2D eigenvalue weighted by atomic mass is 14.5. The molecule has 1 heteroatoms. The molecule has 0 spiro atoms. The lowest BCUT2D eigenvalue weighted by atomic mass is 9.77. The number of nitrogen functional groups attached to an aromatic ring is 1. The van der Waals surface area contributed by atoms with Crippen LogP contribution in [-0.4, -0.2) is 0 Å². The molecule has 1 saturated carbocycles. The summed E-state index contributed by atoms with van der Waals surface area (Å²) in [4.78, 5) is 0. The molecule has 2 N–H and O–H groups in total. The third-order valence-electron chi connectivity index (χ3n) is 6.54. The van der Waals surface area contributed by atoms with Crippen molar-refractivity contribution in [3.8, 4) is 0 Å². The summed E-state index contributed by atoms with van der Waals surface area (Å²) in [5.74, 6) is 2.24. The van der Waals surface area contributed by atoms with Crippen molar-refractivity contribution in [1.29, 1.82) is 0 Å². The number of hydrogen-bond donors (Lipinski definition) is 1. The zero-order valence-electron chi connectivity index (χ0n) is 17.3. The maximum Gasteiger partial charge on any atom is 0.0314 e. The number of anilines is 1. The molecule has 0 saturated heterocycles. The first-order valence-electron chi connectivity index (χ1n) is 11.2. The lowest BCUT2D eigenvalue weighted by Crippen LogP contribution is -2.13. The second-order valence-electron chi connectivity index (χ2n) is 8.53. The fraction of sp³-hybridized carbons (Fsp3) is 0.538. The van der Waals surface area contributed by atoms with Gasteiger partial charge in [-0.2, -0.15) is 0 Å². The van der Waals surface area contributed by atoms with Gasteiger partial charge in [-0.3, -0.25) is 0 Å². The third kappa shape index (κ3) is 5.37. The van der Waals surface area contributed by atoms with Gasteiger partial charge in [-0.1, -0.05) is 75.9 Å². The van der Waals surface area contributed by atoms with Gasteiger partial charge < -0.3 is 5.73 Å². The first-order chi connectivity index (χ1) is 13.2. The monoisotopic (exact) mass is 363 g/mol. The predicted octanol–water partition coefficient (Wildman–Crippen LogP) is 7.66. The molecule has 1 nitrogen and oxygen atoms in total. The predicted molar refractivity (Wildman–Crippen MR) is 118 cm³/mol. The van der Waals surface area contributed by atoms with Crippen molar-refractivity contribution in [3.63, 3.8) is 0 Å². The van der Waals surface area contributed by atoms with Crippen molar-refractivity contribution >= 4 is 5.69 Å². The zero-order chi connectivity index (χ0) is 19.1. The zero-order valence-corrected chi connectivity index (χ0v) is 17.3. The standard InChI is InChI=1S/C26H37N/c1-3-5-7-26(24-16-18-25(27)19-17-24)23-14-12-22(13-15-23)21-10-8-20(6-4-2)9-11-21/h12-21,26H,3-11,27H2,1-2H3. The van der Waals surface area contributed by atoms with Crippen molar-refractivity contribution in [1.82, 2.24) is 0 Å². The first kappa shape index (κ1) is 20.0. The molecule has 146 valence electrons. The first-order valence-corrected chi connectivity index (χ1v) is 11.2. The summed E-state index contributed by atoms with van der Waals surface area (Å²) in [6, 6.07) is 18.1. The van der Waals surface area contributed by atoms with Gasteiger partial charge in [-0.05, 0) is 72.8 Å². The number of unbranched alkanes of at least 4 members (excludes halogenated alkanes) is 1. The van der Waals surface area contributed by atoms with Gasteiger partial charge in [-0.15, -0.1) is 0 Å². The minimum absolute atomic E-state index is 0.486. The second kappa shape index (κ2) is 9.97. The van der Waals surface area contributed by atoms with Crippen LogP contribution in [0.15, 0.2) is 48.5 Å². The number of benzene rings is 2. The summed E-state index contributed by atoms with van der Waals surface area (Å²) in [7, 11) is 0. The Balaban J connectivity index is 1.70. The smallest absolute Gasteiger partial charge is 0.0314 e. The van der Waals surface area contributed by atoms with Crippen LogP contribution < -0.4 is 5.73 Å². The molecule has 1 aliphatic carbocycles. The molecule has 1 unspecified atom stereocenters. The van der Waals surface area contributed by atoms with Crippen LogP contribution in [0.4, 0.5) is 5.69 Å². The van der Waals surface area contributed by atoms with E-state index in [0.717, 1.165) is 17.5 Å². The summed E-state index contributed by atoms with van der Waals surface area (Å²) >= 11 is 0. The molecule has 1 atom stereocenters. The Morgan fingerprint density at radius 2 is 1.41 bits per heavy atom. The van der Waals surface area contributed by atoms with Gasteiger partial charge in [0, 0.05) is 11.6 Å². The van der Waals surface area contributed by atoms with E-state index in [1.54, 1.807) is 5.56 Å². The maximum absolute atomic E-state index is 5.90. The largest absolute Gasteiger partial charge is 0.399 e. The molecule has 27 heavy (non-hydrogen) atoms. The van der Waals surface area contributed by atoms with E-state index < -0.39 is 0 Å². The van der Waals surface area contributed by atoms with Crippen molar-refractivity contribution in [2.75, 3.05) is 5.73 Å². The molecule has 1 fully saturated rings. The Hall–Kier alpha value is -1.76. The average molecular weight is 364 g/mol. The highest BCUT2D eigenvalue weighted by Crippen LogP contribution is 2.38. The van der Waals surface area contributed by atoms with E-state index in [9.17, 15) is 0 Å². The van der Waals surface area contributed by atoms with Crippen LogP contribution in [0.2, 0.25) is 0 Å². The van der Waals surface area contributed by atoms with Crippen molar-refractivity contribution in [2.45, 2.75) is 83.5 Å². The van der Waals surface area contributed by atoms with Gasteiger partial charge in [0.05, 0.1) is 0 Å².